The number of ether oxygens (including phenoxy) is 3. The van der Waals surface area contributed by atoms with Crippen molar-refractivity contribution in [1.29, 1.82) is 0 Å². The number of hydrogen-bond acceptors (Lipinski definition) is 9. The highest BCUT2D eigenvalue weighted by Crippen LogP contribution is 2.31. The highest BCUT2D eigenvalue weighted by molar-refractivity contribution is 5.90. The molecule has 2 atom stereocenters. The van der Waals surface area contributed by atoms with E-state index in [9.17, 15) is 15.0 Å². The second-order valence-corrected chi connectivity index (χ2v) is 7.47. The number of aliphatic hydroxyl groups excluding tert-OH is 1. The molecular formula is C23H28N4O6. The van der Waals surface area contributed by atoms with Gasteiger partial charge in [0.15, 0.2) is 5.82 Å². The Kier molecular flexibility index (Phi) is 7.84. The van der Waals surface area contributed by atoms with Crippen LogP contribution in [-0.4, -0.2) is 77.1 Å². The maximum Gasteiger partial charge on any atom is 0.267 e. The Morgan fingerprint density at radius 3 is 2.79 bits per heavy atom. The van der Waals surface area contributed by atoms with Gasteiger partial charge in [0, 0.05) is 44.9 Å². The molecule has 1 aromatic heterocycles. The molecule has 10 nitrogen and oxygen atoms in total. The number of nitrogens with two attached hydrogens (primary N) is 1. The fourth-order valence-electron chi connectivity index (χ4n) is 3.23. The lowest BCUT2D eigenvalue weighted by Crippen LogP contribution is -2.37. The number of anilines is 1. The molecule has 2 unspecified atom stereocenters. The average Bonchev–Trinajstić information content (AvgIpc) is 3.07. The van der Waals surface area contributed by atoms with E-state index in [4.69, 9.17) is 19.9 Å². The van der Waals surface area contributed by atoms with Gasteiger partial charge >= 0.3 is 0 Å². The first kappa shape index (κ1) is 24.4. The number of aromatic nitrogens is 2. The van der Waals surface area contributed by atoms with Crippen LogP contribution in [0.25, 0.3) is 11.4 Å². The van der Waals surface area contributed by atoms with E-state index in [2.05, 4.69) is 21.8 Å². The molecule has 0 aliphatic carbocycles. The third kappa shape index (κ3) is 5.58. The van der Waals surface area contributed by atoms with E-state index in [-0.39, 0.29) is 42.7 Å². The number of likely N-dealkylation sites (tertiary alicyclic amines) is 1. The second kappa shape index (κ2) is 10.6. The normalized spacial score (nSPS) is 18.7. The summed E-state index contributed by atoms with van der Waals surface area (Å²) in [6.45, 7) is 2.96. The van der Waals surface area contributed by atoms with Crippen LogP contribution in [0.2, 0.25) is 0 Å². The second-order valence-electron chi connectivity index (χ2n) is 7.47. The van der Waals surface area contributed by atoms with E-state index in [1.807, 2.05) is 0 Å². The number of carbonyl (C=O) groups excluding carboxylic acids is 1. The van der Waals surface area contributed by atoms with Crippen molar-refractivity contribution in [2.45, 2.75) is 25.2 Å². The van der Waals surface area contributed by atoms with Crippen molar-refractivity contribution in [3.63, 3.8) is 0 Å². The molecule has 1 fully saturated rings. The van der Waals surface area contributed by atoms with Gasteiger partial charge in [0.1, 0.15) is 18.0 Å². The minimum absolute atomic E-state index is 0.0674. The SMILES string of the molecule is CCOC(O)c1nc(-c2cccc(C#CC3(O)CCN(C)C3=O)c2)nc(OCCOC)c1N. The number of aliphatic hydroxyl groups is 2. The quantitative estimate of drug-likeness (QED) is 0.298. The molecule has 0 bridgehead atoms. The van der Waals surface area contributed by atoms with Crippen LogP contribution in [0, 0.1) is 11.8 Å². The van der Waals surface area contributed by atoms with Gasteiger partial charge < -0.3 is 35.1 Å². The van der Waals surface area contributed by atoms with Crippen molar-refractivity contribution in [1.82, 2.24) is 14.9 Å². The minimum atomic E-state index is -1.69. The Morgan fingerprint density at radius 1 is 1.33 bits per heavy atom. The van der Waals surface area contributed by atoms with Gasteiger partial charge in [-0.25, -0.2) is 4.98 Å². The predicted molar refractivity (Wildman–Crippen MR) is 120 cm³/mol. The number of carbonyl (C=O) groups is 1. The molecule has 3 rings (SSSR count). The highest BCUT2D eigenvalue weighted by atomic mass is 16.6. The lowest BCUT2D eigenvalue weighted by molar-refractivity contribution is -0.137. The zero-order valence-electron chi connectivity index (χ0n) is 18.9. The van der Waals surface area contributed by atoms with Gasteiger partial charge in [0.05, 0.1) is 6.61 Å². The lowest BCUT2D eigenvalue weighted by atomic mass is 10.0. The molecule has 1 aliphatic heterocycles. The summed E-state index contributed by atoms with van der Waals surface area (Å²) in [7, 11) is 3.17. The van der Waals surface area contributed by atoms with E-state index in [1.54, 1.807) is 45.3 Å². The zero-order valence-corrected chi connectivity index (χ0v) is 18.9. The summed E-state index contributed by atoms with van der Waals surface area (Å²) in [5, 5.41) is 20.9. The Hall–Kier alpha value is -3.23. The van der Waals surface area contributed by atoms with Crippen LogP contribution in [0.3, 0.4) is 0 Å². The molecule has 4 N–H and O–H groups in total. The third-order valence-electron chi connectivity index (χ3n) is 5.07. The van der Waals surface area contributed by atoms with Crippen molar-refractivity contribution >= 4 is 11.6 Å². The number of hydrogen-bond donors (Lipinski definition) is 3. The maximum atomic E-state index is 12.2. The van der Waals surface area contributed by atoms with E-state index < -0.39 is 17.8 Å². The van der Waals surface area contributed by atoms with Crippen LogP contribution in [0.1, 0.15) is 30.9 Å². The molecule has 10 heteroatoms. The van der Waals surface area contributed by atoms with Gasteiger partial charge in [-0.05, 0) is 19.1 Å². The van der Waals surface area contributed by atoms with E-state index in [0.717, 1.165) is 0 Å². The van der Waals surface area contributed by atoms with E-state index >= 15 is 0 Å². The van der Waals surface area contributed by atoms with Crippen LogP contribution >= 0.6 is 0 Å². The summed E-state index contributed by atoms with van der Waals surface area (Å²) in [5.74, 6) is 5.47. The van der Waals surface area contributed by atoms with Crippen LogP contribution in [0.4, 0.5) is 5.69 Å². The lowest BCUT2D eigenvalue weighted by Gasteiger charge is -2.16. The summed E-state index contributed by atoms with van der Waals surface area (Å²) >= 11 is 0. The van der Waals surface area contributed by atoms with Crippen LogP contribution in [0.15, 0.2) is 24.3 Å². The molecule has 2 aromatic rings. The molecule has 0 radical (unpaired) electrons. The first-order valence-electron chi connectivity index (χ1n) is 10.5. The van der Waals surface area contributed by atoms with Gasteiger partial charge in [-0.1, -0.05) is 24.0 Å². The summed E-state index contributed by atoms with van der Waals surface area (Å²) < 4.78 is 15.9. The average molecular weight is 456 g/mol. The Morgan fingerprint density at radius 2 is 2.12 bits per heavy atom. The van der Waals surface area contributed by atoms with E-state index in [1.165, 1.54) is 4.90 Å². The number of amides is 1. The van der Waals surface area contributed by atoms with Crippen molar-refractivity contribution in [2.24, 2.45) is 0 Å². The molecule has 1 aromatic carbocycles. The summed E-state index contributed by atoms with van der Waals surface area (Å²) in [5.41, 5.74) is 5.70. The molecule has 33 heavy (non-hydrogen) atoms. The first-order chi connectivity index (χ1) is 15.8. The van der Waals surface area contributed by atoms with Crippen LogP contribution in [-0.2, 0) is 14.3 Å². The molecule has 0 spiro atoms. The van der Waals surface area contributed by atoms with Crippen molar-refractivity contribution in [3.8, 4) is 29.1 Å². The predicted octanol–water partition coefficient (Wildman–Crippen LogP) is 0.723. The number of nitrogen functional groups attached to an aromatic ring is 1. The summed E-state index contributed by atoms with van der Waals surface area (Å²) in [6.07, 6.45) is -1.11. The Labute approximate surface area is 192 Å². The maximum absolute atomic E-state index is 12.2. The molecule has 0 saturated carbocycles. The molecule has 1 aliphatic rings. The summed E-state index contributed by atoms with van der Waals surface area (Å²) in [6, 6.07) is 6.96. The van der Waals surface area contributed by atoms with E-state index in [0.29, 0.717) is 24.3 Å². The fraction of sp³-hybridized carbons (Fsp3) is 0.435. The van der Waals surface area contributed by atoms with Gasteiger partial charge in [-0.2, -0.15) is 4.98 Å². The molecule has 1 saturated heterocycles. The number of benzene rings is 1. The molecular weight excluding hydrogens is 428 g/mol. The Bertz CT molecular complexity index is 1070. The number of rotatable bonds is 8. The minimum Gasteiger partial charge on any atom is -0.474 e. The standard InChI is InChI=1S/C23H28N4O6/c1-4-32-21(28)18-17(24)20(33-13-12-31-3)26-19(25-18)16-7-5-6-15(14-16)8-9-23(30)10-11-27(2)22(23)29/h5-7,14,21,28,30H,4,10-13,24H2,1-3H3. The van der Waals surface area contributed by atoms with Gasteiger partial charge in [-0.3, -0.25) is 4.79 Å². The molecule has 2 heterocycles. The highest BCUT2D eigenvalue weighted by Gasteiger charge is 2.42. The van der Waals surface area contributed by atoms with Crippen LogP contribution < -0.4 is 10.5 Å². The molecule has 1 amide bonds. The zero-order chi connectivity index (χ0) is 24.0. The third-order valence-corrected chi connectivity index (χ3v) is 5.07. The number of nitrogens with zero attached hydrogens (tertiary/aromatic N) is 3. The monoisotopic (exact) mass is 456 g/mol. The topological polar surface area (TPSA) is 140 Å². The van der Waals surface area contributed by atoms with Gasteiger partial charge in [-0.15, -0.1) is 0 Å². The van der Waals surface area contributed by atoms with Crippen molar-refractivity contribution in [2.75, 3.05) is 46.3 Å². The summed E-state index contributed by atoms with van der Waals surface area (Å²) in [4.78, 5) is 22.4. The fourth-order valence-corrected chi connectivity index (χ4v) is 3.23. The smallest absolute Gasteiger partial charge is 0.267 e. The molecule has 176 valence electrons. The first-order valence-corrected chi connectivity index (χ1v) is 10.5. The van der Waals surface area contributed by atoms with Gasteiger partial charge in [0.2, 0.25) is 17.8 Å². The largest absolute Gasteiger partial charge is 0.474 e. The van der Waals surface area contributed by atoms with Gasteiger partial charge in [0.25, 0.3) is 5.91 Å². The number of methoxy groups -OCH3 is 1. The van der Waals surface area contributed by atoms with Crippen LogP contribution in [0.5, 0.6) is 5.88 Å². The number of likely N-dealkylation sites (N-methyl/N-ethyl adjacent to an activating group) is 1. The van der Waals surface area contributed by atoms with Crippen molar-refractivity contribution < 1.29 is 29.2 Å². The van der Waals surface area contributed by atoms with Crippen molar-refractivity contribution in [3.05, 3.63) is 35.5 Å². The Balaban J connectivity index is 1.97.